The number of hydrogen-bond donors (Lipinski definition) is 8. The summed E-state index contributed by atoms with van der Waals surface area (Å²) in [7, 11) is 0. The fourth-order valence-electron chi connectivity index (χ4n) is 13.6. The van der Waals surface area contributed by atoms with Crippen molar-refractivity contribution in [1.29, 1.82) is 0 Å². The standard InChI is InChI=1S/C79H152N6O11/c1-5-9-13-17-21-25-29-33-37-41-50-69(64-73(86)87)68-80-54-45-58-84(59-46-55-81-77(94)70(65-74(88)89)51-42-38-34-30-26-22-18-14-10-6-2)62-49-63-85(60-47-56-82-78(95)71(66-75(90)91)52-43-39-35-31-27-23-19-15-11-7-3)61-48-57-83-79(96)72(67-76(92)93)53-44-40-36-32-28-24-20-16-12-8-4/h69-72,80H,5-68H2,1-4H3,(H,81,94)(H,82,95)(H,83,96)(H,86,87)(H,88,89)(H,90,91)(H,92,93). The molecule has 96 heavy (non-hydrogen) atoms. The SMILES string of the molecule is CCCCCCCCCCCCC(CNCCCN(CCCNC(=O)C(CCCCCCCCCCCC)CC(=O)O)CCCN(CCCNC(=O)C(CCCCCCCCCCCC)CC(=O)O)CCCNC(=O)C(CCCCCCCCCCCC)CC(=O)O)CC(=O)O. The quantitative estimate of drug-likeness (QED) is 0.0264. The van der Waals surface area contributed by atoms with E-state index >= 15 is 0 Å². The zero-order chi connectivity index (χ0) is 70.6. The van der Waals surface area contributed by atoms with Crippen LogP contribution < -0.4 is 21.3 Å². The Bertz CT molecular complexity index is 1780. The Kier molecular flexibility index (Phi) is 66.9. The first-order valence-electron chi connectivity index (χ1n) is 40.5. The van der Waals surface area contributed by atoms with E-state index in [1.165, 1.54) is 186 Å². The predicted octanol–water partition coefficient (Wildman–Crippen LogP) is 18.1. The zero-order valence-electron chi connectivity index (χ0n) is 62.6. The molecule has 8 N–H and O–H groups in total. The molecule has 0 aliphatic heterocycles. The summed E-state index contributed by atoms with van der Waals surface area (Å²) in [5.74, 6) is -5.94. The number of unbranched alkanes of at least 4 members (excludes halogenated alkanes) is 36. The Balaban J connectivity index is 6.09. The minimum Gasteiger partial charge on any atom is -0.481 e. The third kappa shape index (κ3) is 62.4. The van der Waals surface area contributed by atoms with Crippen molar-refractivity contribution in [2.45, 2.75) is 368 Å². The first kappa shape index (κ1) is 92.2. The molecule has 17 nitrogen and oxygen atoms in total. The smallest absolute Gasteiger partial charge is 0.304 e. The number of carboxylic acid groups (broad SMARTS) is 4. The molecule has 0 heterocycles. The lowest BCUT2D eigenvalue weighted by atomic mass is 9.96. The van der Waals surface area contributed by atoms with Crippen molar-refractivity contribution in [3.8, 4) is 0 Å². The van der Waals surface area contributed by atoms with Crippen molar-refractivity contribution >= 4 is 41.6 Å². The van der Waals surface area contributed by atoms with Crippen molar-refractivity contribution in [2.75, 3.05) is 72.0 Å². The highest BCUT2D eigenvalue weighted by Gasteiger charge is 2.24. The average molecular weight is 1360 g/mol. The van der Waals surface area contributed by atoms with Gasteiger partial charge in [0.1, 0.15) is 0 Å². The maximum atomic E-state index is 13.5. The van der Waals surface area contributed by atoms with Gasteiger partial charge >= 0.3 is 23.9 Å². The van der Waals surface area contributed by atoms with E-state index < -0.39 is 41.6 Å². The molecule has 0 saturated carbocycles. The maximum absolute atomic E-state index is 13.5. The molecule has 0 radical (unpaired) electrons. The second-order valence-electron chi connectivity index (χ2n) is 28.8. The Hall–Kier alpha value is -3.83. The number of carbonyl (C=O) groups is 7. The number of carboxylic acids is 4. The van der Waals surface area contributed by atoms with E-state index in [-0.39, 0.29) is 49.3 Å². The number of aliphatic carboxylic acids is 4. The van der Waals surface area contributed by atoms with Crippen molar-refractivity contribution < 1.29 is 54.0 Å². The highest BCUT2D eigenvalue weighted by Crippen LogP contribution is 2.22. The van der Waals surface area contributed by atoms with Gasteiger partial charge in [-0.05, 0) is 116 Å². The van der Waals surface area contributed by atoms with E-state index in [9.17, 15) is 54.0 Å². The molecule has 0 aromatic rings. The third-order valence-corrected chi connectivity index (χ3v) is 19.6. The lowest BCUT2D eigenvalue weighted by molar-refractivity contribution is -0.141. The van der Waals surface area contributed by atoms with Crippen molar-refractivity contribution in [2.24, 2.45) is 23.7 Å². The van der Waals surface area contributed by atoms with Crippen LogP contribution in [0.1, 0.15) is 368 Å². The summed E-state index contributed by atoms with van der Waals surface area (Å²) in [6.07, 6.45) is 53.2. The highest BCUT2D eigenvalue weighted by molar-refractivity contribution is 5.84. The van der Waals surface area contributed by atoms with Gasteiger partial charge in [-0.2, -0.15) is 0 Å². The summed E-state index contributed by atoms with van der Waals surface area (Å²) in [4.78, 5) is 93.0. The van der Waals surface area contributed by atoms with Gasteiger partial charge in [0, 0.05) is 43.8 Å². The first-order chi connectivity index (χ1) is 46.7. The Morgan fingerprint density at radius 2 is 0.479 bits per heavy atom. The van der Waals surface area contributed by atoms with Gasteiger partial charge < -0.3 is 51.5 Å². The van der Waals surface area contributed by atoms with Crippen LogP contribution in [0, 0.1) is 23.7 Å². The van der Waals surface area contributed by atoms with Gasteiger partial charge in [-0.3, -0.25) is 33.6 Å². The molecule has 0 bridgehead atoms. The Morgan fingerprint density at radius 1 is 0.260 bits per heavy atom. The zero-order valence-corrected chi connectivity index (χ0v) is 62.6. The van der Waals surface area contributed by atoms with E-state index in [1.807, 2.05) is 0 Å². The molecule has 0 fully saturated rings. The number of amides is 3. The average Bonchev–Trinajstić information content (AvgIpc) is 1.99. The molecule has 0 aromatic carbocycles. The summed E-state index contributed by atoms with van der Waals surface area (Å²) in [6.45, 7) is 15.9. The molecule has 4 atom stereocenters. The maximum Gasteiger partial charge on any atom is 0.304 e. The number of carbonyl (C=O) groups excluding carboxylic acids is 3. The van der Waals surface area contributed by atoms with Gasteiger partial charge in [-0.25, -0.2) is 0 Å². The van der Waals surface area contributed by atoms with Gasteiger partial charge in [-0.1, -0.05) is 285 Å². The van der Waals surface area contributed by atoms with E-state index in [2.05, 4.69) is 58.8 Å². The van der Waals surface area contributed by atoms with Crippen molar-refractivity contribution in [3.05, 3.63) is 0 Å². The van der Waals surface area contributed by atoms with E-state index in [0.717, 1.165) is 116 Å². The fourth-order valence-corrected chi connectivity index (χ4v) is 13.6. The molecule has 4 unspecified atom stereocenters. The molecular formula is C79H152N6O11. The number of nitrogens with zero attached hydrogens (tertiary/aromatic N) is 2. The molecule has 3 amide bonds. The van der Waals surface area contributed by atoms with Crippen LogP contribution in [0.25, 0.3) is 0 Å². The summed E-state index contributed by atoms with van der Waals surface area (Å²) < 4.78 is 0. The van der Waals surface area contributed by atoms with Crippen molar-refractivity contribution in [1.82, 2.24) is 31.1 Å². The molecule has 564 valence electrons. The van der Waals surface area contributed by atoms with Gasteiger partial charge in [-0.15, -0.1) is 0 Å². The molecule has 0 saturated heterocycles. The van der Waals surface area contributed by atoms with Crippen LogP contribution in [0.15, 0.2) is 0 Å². The van der Waals surface area contributed by atoms with E-state index in [4.69, 9.17) is 0 Å². The number of hydrogen-bond acceptors (Lipinski definition) is 10. The van der Waals surface area contributed by atoms with Gasteiger partial charge in [0.25, 0.3) is 0 Å². The van der Waals surface area contributed by atoms with Crippen LogP contribution in [0.4, 0.5) is 0 Å². The second kappa shape index (κ2) is 69.6. The van der Waals surface area contributed by atoms with E-state index in [0.29, 0.717) is 84.3 Å². The summed E-state index contributed by atoms with van der Waals surface area (Å²) >= 11 is 0. The Morgan fingerprint density at radius 3 is 0.729 bits per heavy atom. The van der Waals surface area contributed by atoms with Crippen LogP contribution >= 0.6 is 0 Å². The second-order valence-corrected chi connectivity index (χ2v) is 28.8. The fraction of sp³-hybridized carbons (Fsp3) is 0.911. The van der Waals surface area contributed by atoms with Crippen LogP contribution in [-0.4, -0.2) is 144 Å². The lowest BCUT2D eigenvalue weighted by Crippen LogP contribution is -2.38. The predicted molar refractivity (Wildman–Crippen MR) is 397 cm³/mol. The molecule has 0 aliphatic rings. The van der Waals surface area contributed by atoms with Crippen LogP contribution in [0.3, 0.4) is 0 Å². The minimum atomic E-state index is -0.970. The van der Waals surface area contributed by atoms with Gasteiger partial charge in [0.15, 0.2) is 0 Å². The Labute approximate surface area is 587 Å². The molecule has 0 aromatic heterocycles. The molecule has 0 spiro atoms. The molecule has 0 aliphatic carbocycles. The van der Waals surface area contributed by atoms with Crippen LogP contribution in [0.2, 0.25) is 0 Å². The molecule has 0 rings (SSSR count). The summed E-state index contributed by atoms with van der Waals surface area (Å²) in [5.41, 5.74) is 0. The number of nitrogens with one attached hydrogen (secondary N) is 4. The largest absolute Gasteiger partial charge is 0.481 e. The highest BCUT2D eigenvalue weighted by atomic mass is 16.4. The first-order valence-corrected chi connectivity index (χ1v) is 40.5. The topological polar surface area (TPSA) is 255 Å². The van der Waals surface area contributed by atoms with Gasteiger partial charge in [0.05, 0.1) is 19.3 Å². The summed E-state index contributed by atoms with van der Waals surface area (Å²) in [6, 6.07) is 0. The normalized spacial score (nSPS) is 12.9. The van der Waals surface area contributed by atoms with Crippen LogP contribution in [-0.2, 0) is 33.6 Å². The molecule has 17 heteroatoms. The van der Waals surface area contributed by atoms with E-state index in [1.54, 1.807) is 0 Å². The van der Waals surface area contributed by atoms with Gasteiger partial charge in [0.2, 0.25) is 17.7 Å². The van der Waals surface area contributed by atoms with Crippen LogP contribution in [0.5, 0.6) is 0 Å². The number of rotatable bonds is 77. The molecular weight excluding hydrogens is 1210 g/mol. The monoisotopic (exact) mass is 1360 g/mol. The third-order valence-electron chi connectivity index (χ3n) is 19.6. The lowest BCUT2D eigenvalue weighted by Gasteiger charge is -2.27. The van der Waals surface area contributed by atoms with Crippen molar-refractivity contribution in [3.63, 3.8) is 0 Å². The minimum absolute atomic E-state index is 0.0695. The summed E-state index contributed by atoms with van der Waals surface area (Å²) in [5, 5.41) is 51.9.